The molecule has 1 N–H and O–H groups in total. The van der Waals surface area contributed by atoms with Gasteiger partial charge in [-0.1, -0.05) is 0 Å². The van der Waals surface area contributed by atoms with E-state index in [2.05, 4.69) is 11.9 Å². The van der Waals surface area contributed by atoms with Crippen LogP contribution in [0, 0.1) is 5.92 Å². The first-order chi connectivity index (χ1) is 7.15. The van der Waals surface area contributed by atoms with Crippen LogP contribution in [0.4, 0.5) is 0 Å². The van der Waals surface area contributed by atoms with Crippen LogP contribution in [0.3, 0.4) is 0 Å². The first-order valence-corrected chi connectivity index (χ1v) is 6.05. The summed E-state index contributed by atoms with van der Waals surface area (Å²) in [7, 11) is 2.16. The van der Waals surface area contributed by atoms with Crippen LogP contribution in [0.15, 0.2) is 0 Å². The monoisotopic (exact) mass is 211 g/mol. The molecule has 2 aliphatic carbocycles. The maximum absolute atomic E-state index is 11.1. The molecule has 0 atom stereocenters. The molecule has 0 radical (unpaired) electrons. The molecule has 0 aromatic carbocycles. The first kappa shape index (κ1) is 11.1. The Morgan fingerprint density at radius 3 is 2.47 bits per heavy atom. The number of rotatable bonds is 3. The Labute approximate surface area is 91.5 Å². The molecule has 3 nitrogen and oxygen atoms in total. The highest BCUT2D eigenvalue weighted by molar-refractivity contribution is 5.79. The lowest BCUT2D eigenvalue weighted by molar-refractivity contribution is -0.121. The summed E-state index contributed by atoms with van der Waals surface area (Å²) in [6.07, 6.45) is 5.49. The summed E-state index contributed by atoms with van der Waals surface area (Å²) in [6.45, 7) is 1.09. The van der Waals surface area contributed by atoms with E-state index < -0.39 is 0 Å². The molecular formula is C12H21NO2. The van der Waals surface area contributed by atoms with Crippen LogP contribution in [0.25, 0.3) is 0 Å². The number of nitrogens with zero attached hydrogens (tertiary/aromatic N) is 1. The van der Waals surface area contributed by atoms with Gasteiger partial charge in [0.25, 0.3) is 0 Å². The van der Waals surface area contributed by atoms with E-state index in [0.717, 1.165) is 45.1 Å². The van der Waals surface area contributed by atoms with Gasteiger partial charge < -0.3 is 10.0 Å². The molecule has 2 rings (SSSR count). The third-order valence-electron chi connectivity index (χ3n) is 3.89. The molecule has 86 valence electrons. The maximum Gasteiger partial charge on any atom is 0.133 e. The Morgan fingerprint density at radius 1 is 1.33 bits per heavy atom. The van der Waals surface area contributed by atoms with E-state index in [1.165, 1.54) is 0 Å². The summed E-state index contributed by atoms with van der Waals surface area (Å²) in [4.78, 5) is 13.5. The van der Waals surface area contributed by atoms with Crippen molar-refractivity contribution in [3.8, 4) is 0 Å². The quantitative estimate of drug-likeness (QED) is 0.762. The molecule has 0 aliphatic heterocycles. The van der Waals surface area contributed by atoms with Crippen molar-refractivity contribution in [2.75, 3.05) is 13.6 Å². The van der Waals surface area contributed by atoms with Crippen molar-refractivity contribution in [3.05, 3.63) is 0 Å². The van der Waals surface area contributed by atoms with Gasteiger partial charge in [-0.25, -0.2) is 0 Å². The zero-order valence-electron chi connectivity index (χ0n) is 9.48. The number of carbonyl (C=O) groups excluding carboxylic acids is 1. The minimum Gasteiger partial charge on any atom is -0.393 e. The molecule has 0 amide bonds. The van der Waals surface area contributed by atoms with E-state index in [0.29, 0.717) is 17.7 Å². The number of aliphatic hydroxyl groups excluding tert-OH is 1. The normalized spacial score (nSPS) is 33.1. The van der Waals surface area contributed by atoms with Gasteiger partial charge in [0.05, 0.1) is 6.10 Å². The van der Waals surface area contributed by atoms with E-state index in [1.807, 2.05) is 0 Å². The van der Waals surface area contributed by atoms with Crippen molar-refractivity contribution in [3.63, 3.8) is 0 Å². The molecule has 2 fully saturated rings. The van der Waals surface area contributed by atoms with E-state index in [-0.39, 0.29) is 6.10 Å². The second kappa shape index (κ2) is 4.62. The number of hydrogen-bond donors (Lipinski definition) is 1. The molecule has 2 aliphatic rings. The second-order valence-electron chi connectivity index (χ2n) is 5.20. The van der Waals surface area contributed by atoms with Gasteiger partial charge in [0, 0.05) is 25.4 Å². The van der Waals surface area contributed by atoms with Gasteiger partial charge in [-0.15, -0.1) is 0 Å². The van der Waals surface area contributed by atoms with Crippen LogP contribution in [0.2, 0.25) is 0 Å². The van der Waals surface area contributed by atoms with Crippen LogP contribution >= 0.6 is 0 Å². The molecule has 15 heavy (non-hydrogen) atoms. The van der Waals surface area contributed by atoms with Gasteiger partial charge >= 0.3 is 0 Å². The van der Waals surface area contributed by atoms with Crippen molar-refractivity contribution >= 4 is 5.78 Å². The van der Waals surface area contributed by atoms with E-state index in [1.54, 1.807) is 0 Å². The highest BCUT2D eigenvalue weighted by atomic mass is 16.3. The molecule has 2 saturated carbocycles. The summed E-state index contributed by atoms with van der Waals surface area (Å²) < 4.78 is 0. The minimum atomic E-state index is -0.0451. The van der Waals surface area contributed by atoms with Crippen molar-refractivity contribution in [1.82, 2.24) is 4.90 Å². The van der Waals surface area contributed by atoms with Crippen molar-refractivity contribution < 1.29 is 9.90 Å². The van der Waals surface area contributed by atoms with Gasteiger partial charge in [0.15, 0.2) is 0 Å². The number of Topliss-reactive ketones (excluding diaryl/α,β-unsaturated/α-hetero) is 1. The number of aliphatic hydroxyl groups is 1. The SMILES string of the molecule is CN(CC1CC(O)C1)C1CCC(=O)CC1. The van der Waals surface area contributed by atoms with Gasteiger partial charge in [-0.3, -0.25) is 4.79 Å². The summed E-state index contributed by atoms with van der Waals surface area (Å²) in [5.74, 6) is 1.11. The van der Waals surface area contributed by atoms with Gasteiger partial charge in [0.1, 0.15) is 5.78 Å². The van der Waals surface area contributed by atoms with Crippen molar-refractivity contribution in [2.24, 2.45) is 5.92 Å². The fraction of sp³-hybridized carbons (Fsp3) is 0.917. The van der Waals surface area contributed by atoms with Crippen LogP contribution in [0.1, 0.15) is 38.5 Å². The van der Waals surface area contributed by atoms with Crippen molar-refractivity contribution in [2.45, 2.75) is 50.7 Å². The van der Waals surface area contributed by atoms with Crippen molar-refractivity contribution in [1.29, 1.82) is 0 Å². The topological polar surface area (TPSA) is 40.5 Å². The third kappa shape index (κ3) is 2.79. The number of carbonyl (C=O) groups is 1. The second-order valence-corrected chi connectivity index (χ2v) is 5.20. The average molecular weight is 211 g/mol. The maximum atomic E-state index is 11.1. The summed E-state index contributed by atoms with van der Waals surface area (Å²) in [5, 5.41) is 9.21. The Morgan fingerprint density at radius 2 is 1.93 bits per heavy atom. The molecule has 0 saturated heterocycles. The fourth-order valence-corrected chi connectivity index (χ4v) is 2.77. The first-order valence-electron chi connectivity index (χ1n) is 6.05. The van der Waals surface area contributed by atoms with Gasteiger partial charge in [-0.05, 0) is 38.6 Å². The lowest BCUT2D eigenvalue weighted by Gasteiger charge is -2.38. The number of hydrogen-bond acceptors (Lipinski definition) is 3. The highest BCUT2D eigenvalue weighted by Gasteiger charge is 2.30. The Kier molecular flexibility index (Phi) is 3.42. The highest BCUT2D eigenvalue weighted by Crippen LogP contribution is 2.29. The molecule has 0 spiro atoms. The molecule has 0 bridgehead atoms. The smallest absolute Gasteiger partial charge is 0.133 e. The predicted octanol–water partition coefficient (Wildman–Crippen LogP) is 1.20. The van der Waals surface area contributed by atoms with Gasteiger partial charge in [0.2, 0.25) is 0 Å². The van der Waals surface area contributed by atoms with Gasteiger partial charge in [-0.2, -0.15) is 0 Å². The summed E-state index contributed by atoms with van der Waals surface area (Å²) in [5.41, 5.74) is 0. The third-order valence-corrected chi connectivity index (χ3v) is 3.89. The standard InChI is InChI=1S/C12H21NO2/c1-13(8-9-6-12(15)7-9)10-2-4-11(14)5-3-10/h9-10,12,15H,2-8H2,1H3. The van der Waals surface area contributed by atoms with Crippen LogP contribution < -0.4 is 0 Å². The summed E-state index contributed by atoms with van der Waals surface area (Å²) in [6, 6.07) is 0.598. The predicted molar refractivity (Wildman–Crippen MR) is 58.6 cm³/mol. The molecule has 0 aromatic rings. The Hall–Kier alpha value is -0.410. The van der Waals surface area contributed by atoms with E-state index in [9.17, 15) is 9.90 Å². The average Bonchev–Trinajstić information content (AvgIpc) is 2.16. The molecular weight excluding hydrogens is 190 g/mol. The molecule has 3 heteroatoms. The van der Waals surface area contributed by atoms with Crippen LogP contribution in [-0.2, 0) is 4.79 Å². The molecule has 0 aromatic heterocycles. The molecule has 0 unspecified atom stereocenters. The summed E-state index contributed by atoms with van der Waals surface area (Å²) >= 11 is 0. The Balaban J connectivity index is 1.71. The van der Waals surface area contributed by atoms with E-state index >= 15 is 0 Å². The molecule has 0 heterocycles. The fourth-order valence-electron chi connectivity index (χ4n) is 2.77. The van der Waals surface area contributed by atoms with E-state index in [4.69, 9.17) is 0 Å². The zero-order valence-corrected chi connectivity index (χ0v) is 9.48. The van der Waals surface area contributed by atoms with Crippen LogP contribution in [-0.4, -0.2) is 41.5 Å². The largest absolute Gasteiger partial charge is 0.393 e. The minimum absolute atomic E-state index is 0.0451. The lowest BCUT2D eigenvalue weighted by Crippen LogP contribution is -2.42. The zero-order chi connectivity index (χ0) is 10.8. The lowest BCUT2D eigenvalue weighted by atomic mass is 9.81. The Bertz CT molecular complexity index is 226. The van der Waals surface area contributed by atoms with Crippen LogP contribution in [0.5, 0.6) is 0 Å². The number of ketones is 1.